The van der Waals surface area contributed by atoms with Crippen LogP contribution in [0.15, 0.2) is 18.2 Å². The van der Waals surface area contributed by atoms with Gasteiger partial charge in [0.1, 0.15) is 11.3 Å². The van der Waals surface area contributed by atoms with Crippen LogP contribution in [0.5, 0.6) is 0 Å². The number of hydrogen-bond donors (Lipinski definition) is 0. The zero-order valence-electron chi connectivity index (χ0n) is 11.1. The largest absolute Gasteiger partial charge is 0.324 e. The smallest absolute Gasteiger partial charge is 0.125 e. The molecule has 1 aromatic carbocycles. The number of alkyl halides is 1. The second-order valence-corrected chi connectivity index (χ2v) is 6.14. The summed E-state index contributed by atoms with van der Waals surface area (Å²) in [7, 11) is 0. The Hall–Kier alpha value is -0.730. The van der Waals surface area contributed by atoms with Crippen LogP contribution in [0.4, 0.5) is 0 Å². The minimum atomic E-state index is 0.439. The van der Waals surface area contributed by atoms with Crippen LogP contribution in [0.3, 0.4) is 0 Å². The Bertz CT molecular complexity index is 591. The minimum absolute atomic E-state index is 0.439. The van der Waals surface area contributed by atoms with Crippen molar-refractivity contribution in [1.82, 2.24) is 9.55 Å². The number of fused-ring (bicyclic) bond motifs is 1. The van der Waals surface area contributed by atoms with Gasteiger partial charge >= 0.3 is 0 Å². The highest BCUT2D eigenvalue weighted by atomic mass is 35.5. The molecular weight excluding hydrogens is 279 g/mol. The summed E-state index contributed by atoms with van der Waals surface area (Å²) < 4.78 is 2.33. The Kier molecular flexibility index (Phi) is 3.72. The van der Waals surface area contributed by atoms with E-state index in [4.69, 9.17) is 23.2 Å². The summed E-state index contributed by atoms with van der Waals surface area (Å²) in [5.74, 6) is 2.06. The number of nitrogens with zero attached hydrogens (tertiary/aromatic N) is 2. The number of para-hydroxylation sites is 1. The van der Waals surface area contributed by atoms with Gasteiger partial charge in [-0.05, 0) is 30.9 Å². The normalized spacial score (nSPS) is 23.9. The van der Waals surface area contributed by atoms with Gasteiger partial charge in [-0.2, -0.15) is 0 Å². The van der Waals surface area contributed by atoms with E-state index in [0.717, 1.165) is 16.9 Å². The zero-order valence-corrected chi connectivity index (χ0v) is 12.6. The van der Waals surface area contributed by atoms with Crippen LogP contribution in [0.25, 0.3) is 11.0 Å². The molecule has 2 nitrogen and oxygen atoms in total. The van der Waals surface area contributed by atoms with Gasteiger partial charge in [-0.1, -0.05) is 37.4 Å². The van der Waals surface area contributed by atoms with E-state index in [0.29, 0.717) is 22.9 Å². The average Bonchev–Trinajstić information content (AvgIpc) is 2.79. The van der Waals surface area contributed by atoms with Crippen LogP contribution in [-0.2, 0) is 5.88 Å². The summed E-state index contributed by atoms with van der Waals surface area (Å²) >= 11 is 12.4. The van der Waals surface area contributed by atoms with Gasteiger partial charge < -0.3 is 4.57 Å². The summed E-state index contributed by atoms with van der Waals surface area (Å²) in [6, 6.07) is 6.50. The maximum absolute atomic E-state index is 6.26. The van der Waals surface area contributed by atoms with E-state index in [1.807, 2.05) is 12.1 Å². The van der Waals surface area contributed by atoms with E-state index < -0.39 is 0 Å². The van der Waals surface area contributed by atoms with Crippen LogP contribution in [0, 0.1) is 5.92 Å². The molecule has 2 atom stereocenters. The van der Waals surface area contributed by atoms with Gasteiger partial charge in [0.2, 0.25) is 0 Å². The topological polar surface area (TPSA) is 17.8 Å². The fraction of sp³-hybridized carbons (Fsp3) is 0.533. The van der Waals surface area contributed by atoms with Crippen molar-refractivity contribution in [3.05, 3.63) is 29.0 Å². The molecule has 1 aliphatic carbocycles. The fourth-order valence-corrected chi connectivity index (χ4v) is 3.68. The van der Waals surface area contributed by atoms with Gasteiger partial charge in [0.15, 0.2) is 0 Å². The van der Waals surface area contributed by atoms with Gasteiger partial charge in [-0.25, -0.2) is 4.98 Å². The molecule has 0 spiro atoms. The monoisotopic (exact) mass is 296 g/mol. The second kappa shape index (κ2) is 5.34. The quantitative estimate of drug-likeness (QED) is 0.698. The molecule has 1 fully saturated rings. The van der Waals surface area contributed by atoms with E-state index in [-0.39, 0.29) is 0 Å². The molecule has 3 rings (SSSR count). The van der Waals surface area contributed by atoms with Crippen molar-refractivity contribution in [3.63, 3.8) is 0 Å². The standard InChI is InChI=1S/C15H18Cl2N2/c1-10-5-2-3-7-12(10)19-13-8-4-6-11(17)15(13)18-14(19)9-16/h4,6,8,10,12H,2-3,5,7,9H2,1H3. The summed E-state index contributed by atoms with van der Waals surface area (Å²) in [4.78, 5) is 4.64. The fourth-order valence-electron chi connectivity index (χ4n) is 3.28. The van der Waals surface area contributed by atoms with Crippen LogP contribution >= 0.6 is 23.2 Å². The number of benzene rings is 1. The summed E-state index contributed by atoms with van der Waals surface area (Å²) in [6.45, 7) is 2.33. The highest BCUT2D eigenvalue weighted by Gasteiger charge is 2.26. The molecule has 0 amide bonds. The van der Waals surface area contributed by atoms with Crippen molar-refractivity contribution in [3.8, 4) is 0 Å². The molecule has 19 heavy (non-hydrogen) atoms. The Morgan fingerprint density at radius 3 is 2.84 bits per heavy atom. The third-order valence-electron chi connectivity index (χ3n) is 4.26. The number of imidazole rings is 1. The lowest BCUT2D eigenvalue weighted by atomic mass is 9.85. The molecule has 102 valence electrons. The molecule has 1 aliphatic rings. The minimum Gasteiger partial charge on any atom is -0.324 e. The third kappa shape index (κ3) is 2.25. The van der Waals surface area contributed by atoms with Crippen LogP contribution in [0.1, 0.15) is 44.5 Å². The van der Waals surface area contributed by atoms with E-state index >= 15 is 0 Å². The molecule has 1 saturated carbocycles. The highest BCUT2D eigenvalue weighted by Crippen LogP contribution is 2.38. The Labute approximate surface area is 123 Å². The van der Waals surface area contributed by atoms with Crippen LogP contribution < -0.4 is 0 Å². The summed E-state index contributed by atoms with van der Waals surface area (Å²) in [5, 5.41) is 0.714. The SMILES string of the molecule is CC1CCCCC1n1c(CCl)nc2c(Cl)cccc21. The molecule has 0 saturated heterocycles. The van der Waals surface area contributed by atoms with Gasteiger partial charge in [0, 0.05) is 6.04 Å². The second-order valence-electron chi connectivity index (χ2n) is 5.47. The number of rotatable bonds is 2. The number of halogens is 2. The molecule has 1 heterocycles. The Balaban J connectivity index is 2.18. The molecule has 2 aromatic rings. The first-order valence-electron chi connectivity index (χ1n) is 6.93. The van der Waals surface area contributed by atoms with E-state index in [1.54, 1.807) is 0 Å². The lowest BCUT2D eigenvalue weighted by Crippen LogP contribution is -2.22. The Morgan fingerprint density at radius 2 is 2.11 bits per heavy atom. The lowest BCUT2D eigenvalue weighted by Gasteiger charge is -2.31. The van der Waals surface area contributed by atoms with E-state index in [2.05, 4.69) is 22.5 Å². The van der Waals surface area contributed by atoms with Crippen molar-refractivity contribution >= 4 is 34.2 Å². The van der Waals surface area contributed by atoms with Crippen molar-refractivity contribution in [2.24, 2.45) is 5.92 Å². The highest BCUT2D eigenvalue weighted by molar-refractivity contribution is 6.35. The molecule has 0 N–H and O–H groups in total. The van der Waals surface area contributed by atoms with Crippen molar-refractivity contribution in [1.29, 1.82) is 0 Å². The average molecular weight is 297 g/mol. The van der Waals surface area contributed by atoms with Crippen LogP contribution in [0.2, 0.25) is 5.02 Å². The first kappa shape index (κ1) is 13.3. The molecule has 2 unspecified atom stereocenters. The maximum atomic E-state index is 6.26. The summed E-state index contributed by atoms with van der Waals surface area (Å²) in [6.07, 6.45) is 5.12. The molecule has 0 radical (unpaired) electrons. The van der Waals surface area contributed by atoms with Gasteiger partial charge in [0.05, 0.1) is 16.4 Å². The molecule has 0 aliphatic heterocycles. The molecular formula is C15H18Cl2N2. The first-order chi connectivity index (χ1) is 9.22. The number of hydrogen-bond acceptors (Lipinski definition) is 1. The summed E-state index contributed by atoms with van der Waals surface area (Å²) in [5.41, 5.74) is 2.01. The van der Waals surface area contributed by atoms with Crippen LogP contribution in [-0.4, -0.2) is 9.55 Å². The van der Waals surface area contributed by atoms with E-state index in [9.17, 15) is 0 Å². The molecule has 4 heteroatoms. The van der Waals surface area contributed by atoms with Crippen molar-refractivity contribution in [2.45, 2.75) is 44.5 Å². The predicted octanol–water partition coefficient (Wildman–Crippen LogP) is 5.18. The lowest BCUT2D eigenvalue weighted by molar-refractivity contribution is 0.258. The van der Waals surface area contributed by atoms with Gasteiger partial charge in [-0.15, -0.1) is 11.6 Å². The van der Waals surface area contributed by atoms with Gasteiger partial charge in [0.25, 0.3) is 0 Å². The zero-order chi connectivity index (χ0) is 13.4. The number of aromatic nitrogens is 2. The Morgan fingerprint density at radius 1 is 1.32 bits per heavy atom. The van der Waals surface area contributed by atoms with E-state index in [1.165, 1.54) is 25.7 Å². The van der Waals surface area contributed by atoms with Crippen molar-refractivity contribution < 1.29 is 0 Å². The van der Waals surface area contributed by atoms with Crippen molar-refractivity contribution in [2.75, 3.05) is 0 Å². The van der Waals surface area contributed by atoms with Gasteiger partial charge in [-0.3, -0.25) is 0 Å². The molecule has 0 bridgehead atoms. The third-order valence-corrected chi connectivity index (χ3v) is 4.81. The maximum Gasteiger partial charge on any atom is 0.125 e. The molecule has 1 aromatic heterocycles. The predicted molar refractivity (Wildman–Crippen MR) is 81.0 cm³/mol. The first-order valence-corrected chi connectivity index (χ1v) is 7.85.